The van der Waals surface area contributed by atoms with E-state index in [4.69, 9.17) is 11.6 Å². The van der Waals surface area contributed by atoms with Crippen molar-refractivity contribution in [1.29, 1.82) is 0 Å². The first-order chi connectivity index (χ1) is 7.75. The molecule has 0 saturated heterocycles. The zero-order chi connectivity index (χ0) is 11.4. The monoisotopic (exact) mass is 235 g/mol. The van der Waals surface area contributed by atoms with Crippen LogP contribution in [0, 0.1) is 0 Å². The highest BCUT2D eigenvalue weighted by atomic mass is 35.5. The molecule has 1 aromatic carbocycles. The molecule has 0 radical (unpaired) electrons. The Morgan fingerprint density at radius 2 is 2.12 bits per heavy atom. The average molecular weight is 236 g/mol. The minimum atomic E-state index is -0.133. The van der Waals surface area contributed by atoms with Gasteiger partial charge >= 0.3 is 0 Å². The molecular formula is C11H10ClN3O. The minimum Gasteiger partial charge on any atom is -0.325 e. The van der Waals surface area contributed by atoms with E-state index in [-0.39, 0.29) is 12.5 Å². The van der Waals surface area contributed by atoms with Gasteiger partial charge in [-0.25, -0.2) is 4.98 Å². The third-order valence-electron chi connectivity index (χ3n) is 2.04. The van der Waals surface area contributed by atoms with Gasteiger partial charge in [-0.3, -0.25) is 4.79 Å². The second-order valence-corrected chi connectivity index (χ2v) is 3.58. The van der Waals surface area contributed by atoms with E-state index in [2.05, 4.69) is 10.3 Å². The normalized spacial score (nSPS) is 10.1. The van der Waals surface area contributed by atoms with Crippen LogP contribution in [0.2, 0.25) is 5.28 Å². The Balaban J connectivity index is 1.98. The van der Waals surface area contributed by atoms with Crippen LogP contribution in [0.15, 0.2) is 42.7 Å². The Kier molecular flexibility index (Phi) is 3.22. The number of para-hydroxylation sites is 1. The Morgan fingerprint density at radius 1 is 1.38 bits per heavy atom. The minimum absolute atomic E-state index is 0.133. The first kappa shape index (κ1) is 10.7. The van der Waals surface area contributed by atoms with Crippen molar-refractivity contribution in [1.82, 2.24) is 9.55 Å². The fraction of sp³-hybridized carbons (Fsp3) is 0.0909. The summed E-state index contributed by atoms with van der Waals surface area (Å²) >= 11 is 5.76. The van der Waals surface area contributed by atoms with E-state index in [0.29, 0.717) is 5.28 Å². The standard InChI is InChI=1S/C11H10ClN3O/c12-11-13-6-7-15(11)8-10(16)14-9-4-2-1-3-5-9/h1-7H,8H2,(H,14,16). The summed E-state index contributed by atoms with van der Waals surface area (Å²) in [5, 5.41) is 3.07. The van der Waals surface area contributed by atoms with Crippen molar-refractivity contribution in [3.8, 4) is 0 Å². The molecule has 1 heterocycles. The van der Waals surface area contributed by atoms with E-state index in [0.717, 1.165) is 5.69 Å². The van der Waals surface area contributed by atoms with Crippen LogP contribution in [0.4, 0.5) is 5.69 Å². The molecule has 0 aliphatic rings. The summed E-state index contributed by atoms with van der Waals surface area (Å²) in [5.74, 6) is -0.133. The summed E-state index contributed by atoms with van der Waals surface area (Å²) in [6.45, 7) is 0.160. The third-order valence-corrected chi connectivity index (χ3v) is 2.35. The quantitative estimate of drug-likeness (QED) is 0.886. The van der Waals surface area contributed by atoms with Gasteiger partial charge in [0.25, 0.3) is 0 Å². The van der Waals surface area contributed by atoms with Gasteiger partial charge in [0.1, 0.15) is 6.54 Å². The molecule has 1 aromatic heterocycles. The second-order valence-electron chi connectivity index (χ2n) is 3.24. The molecule has 0 aliphatic heterocycles. The number of carbonyl (C=O) groups excluding carboxylic acids is 1. The van der Waals surface area contributed by atoms with Gasteiger partial charge in [-0.1, -0.05) is 18.2 Å². The molecular weight excluding hydrogens is 226 g/mol. The van der Waals surface area contributed by atoms with Crippen LogP contribution >= 0.6 is 11.6 Å². The van der Waals surface area contributed by atoms with Crippen molar-refractivity contribution in [3.05, 3.63) is 48.0 Å². The van der Waals surface area contributed by atoms with Gasteiger partial charge in [-0.05, 0) is 23.7 Å². The molecule has 82 valence electrons. The SMILES string of the molecule is O=C(Cn1ccnc1Cl)Nc1ccccc1. The molecule has 2 aromatic rings. The molecule has 0 bridgehead atoms. The maximum atomic E-state index is 11.6. The second kappa shape index (κ2) is 4.81. The lowest BCUT2D eigenvalue weighted by Crippen LogP contribution is -2.18. The zero-order valence-corrected chi connectivity index (χ0v) is 9.19. The number of hydrogen-bond acceptors (Lipinski definition) is 2. The van der Waals surface area contributed by atoms with Gasteiger partial charge in [-0.15, -0.1) is 0 Å². The van der Waals surface area contributed by atoms with Crippen molar-refractivity contribution >= 4 is 23.2 Å². The first-order valence-electron chi connectivity index (χ1n) is 4.77. The predicted molar refractivity (Wildman–Crippen MR) is 62.3 cm³/mol. The number of anilines is 1. The maximum absolute atomic E-state index is 11.6. The van der Waals surface area contributed by atoms with Gasteiger partial charge in [0.2, 0.25) is 11.2 Å². The molecule has 1 amide bonds. The molecule has 1 N–H and O–H groups in total. The number of nitrogens with zero attached hydrogens (tertiary/aromatic N) is 2. The molecule has 0 unspecified atom stereocenters. The summed E-state index contributed by atoms with van der Waals surface area (Å²) in [6.07, 6.45) is 3.21. The maximum Gasteiger partial charge on any atom is 0.244 e. The lowest BCUT2D eigenvalue weighted by atomic mass is 10.3. The molecule has 0 fully saturated rings. The van der Waals surface area contributed by atoms with Crippen molar-refractivity contribution in [2.24, 2.45) is 0 Å². The summed E-state index contributed by atoms with van der Waals surface area (Å²) < 4.78 is 1.57. The van der Waals surface area contributed by atoms with Crippen LogP contribution in [0.3, 0.4) is 0 Å². The van der Waals surface area contributed by atoms with E-state index in [1.54, 1.807) is 17.0 Å². The zero-order valence-electron chi connectivity index (χ0n) is 8.43. The van der Waals surface area contributed by atoms with E-state index < -0.39 is 0 Å². The predicted octanol–water partition coefficient (Wildman–Crippen LogP) is 2.18. The van der Waals surface area contributed by atoms with Crippen molar-refractivity contribution < 1.29 is 4.79 Å². The van der Waals surface area contributed by atoms with E-state index in [9.17, 15) is 4.79 Å². The van der Waals surface area contributed by atoms with Gasteiger partial charge in [0.15, 0.2) is 0 Å². The molecule has 0 saturated carbocycles. The summed E-state index contributed by atoms with van der Waals surface area (Å²) in [6, 6.07) is 9.27. The summed E-state index contributed by atoms with van der Waals surface area (Å²) in [7, 11) is 0. The highest BCUT2D eigenvalue weighted by Crippen LogP contribution is 2.07. The fourth-order valence-electron chi connectivity index (χ4n) is 1.31. The smallest absolute Gasteiger partial charge is 0.244 e. The van der Waals surface area contributed by atoms with Crippen LogP contribution in [-0.2, 0) is 11.3 Å². The molecule has 4 nitrogen and oxygen atoms in total. The number of halogens is 1. The lowest BCUT2D eigenvalue weighted by Gasteiger charge is -2.05. The van der Waals surface area contributed by atoms with E-state index >= 15 is 0 Å². The Bertz CT molecular complexity index is 481. The average Bonchev–Trinajstić information content (AvgIpc) is 2.66. The van der Waals surface area contributed by atoms with E-state index in [1.807, 2.05) is 30.3 Å². The molecule has 2 rings (SSSR count). The number of nitrogens with one attached hydrogen (secondary N) is 1. The van der Waals surface area contributed by atoms with Crippen LogP contribution < -0.4 is 5.32 Å². The van der Waals surface area contributed by atoms with Crippen LogP contribution in [0.5, 0.6) is 0 Å². The van der Waals surface area contributed by atoms with Crippen LogP contribution in [0.1, 0.15) is 0 Å². The van der Waals surface area contributed by atoms with Crippen molar-refractivity contribution in [2.45, 2.75) is 6.54 Å². The van der Waals surface area contributed by atoms with Crippen LogP contribution in [-0.4, -0.2) is 15.5 Å². The van der Waals surface area contributed by atoms with Crippen molar-refractivity contribution in [3.63, 3.8) is 0 Å². The fourth-order valence-corrected chi connectivity index (χ4v) is 1.48. The highest BCUT2D eigenvalue weighted by molar-refractivity contribution is 6.28. The summed E-state index contributed by atoms with van der Waals surface area (Å²) in [5.41, 5.74) is 0.767. The lowest BCUT2D eigenvalue weighted by molar-refractivity contribution is -0.116. The molecule has 0 aliphatic carbocycles. The topological polar surface area (TPSA) is 46.9 Å². The van der Waals surface area contributed by atoms with Crippen molar-refractivity contribution in [2.75, 3.05) is 5.32 Å². The Morgan fingerprint density at radius 3 is 2.75 bits per heavy atom. The number of amides is 1. The third kappa shape index (κ3) is 2.61. The molecule has 16 heavy (non-hydrogen) atoms. The molecule has 5 heteroatoms. The Hall–Kier alpha value is -1.81. The number of aromatic nitrogens is 2. The van der Waals surface area contributed by atoms with Gasteiger partial charge in [0.05, 0.1) is 0 Å². The van der Waals surface area contributed by atoms with Gasteiger partial charge < -0.3 is 9.88 Å². The highest BCUT2D eigenvalue weighted by Gasteiger charge is 2.05. The first-order valence-corrected chi connectivity index (χ1v) is 5.15. The van der Waals surface area contributed by atoms with Crippen LogP contribution in [0.25, 0.3) is 0 Å². The summed E-state index contributed by atoms with van der Waals surface area (Å²) in [4.78, 5) is 15.4. The number of rotatable bonds is 3. The Labute approximate surface area is 97.9 Å². The number of carbonyl (C=O) groups is 1. The number of imidazole rings is 1. The number of benzene rings is 1. The number of hydrogen-bond donors (Lipinski definition) is 1. The molecule has 0 atom stereocenters. The van der Waals surface area contributed by atoms with E-state index in [1.165, 1.54) is 0 Å². The van der Waals surface area contributed by atoms with Gasteiger partial charge in [0, 0.05) is 18.1 Å². The van der Waals surface area contributed by atoms with Gasteiger partial charge in [-0.2, -0.15) is 0 Å². The largest absolute Gasteiger partial charge is 0.325 e. The molecule has 0 spiro atoms.